The van der Waals surface area contributed by atoms with Gasteiger partial charge in [-0.25, -0.2) is 18.9 Å². The Bertz CT molecular complexity index is 1020. The molecular weight excluding hydrogens is 371 g/mol. The smallest absolute Gasteiger partial charge is 0.226 e. The maximum absolute atomic E-state index is 13.1. The van der Waals surface area contributed by atoms with Gasteiger partial charge in [-0.05, 0) is 49.4 Å². The standard InChI is InChI=1S/C21H23FN6O/c22-17-6-7-19(23-12-17)26-9-10-27-18(13-26)11-16(21(27)29)4-1-3-15-5-2-8-28-20(15)24-14-25-28/h2,5-8,12,14,16,18H,1,3-4,9-11,13H2/t16-,18+/m1/s1. The molecule has 5 heterocycles. The molecule has 0 aromatic carbocycles. The lowest BCUT2D eigenvalue weighted by Gasteiger charge is -2.38. The third kappa shape index (κ3) is 3.43. The van der Waals surface area contributed by atoms with Crippen molar-refractivity contribution in [3.05, 3.63) is 54.4 Å². The number of aromatic nitrogens is 4. The number of nitrogens with zero attached hydrogens (tertiary/aromatic N) is 6. The second kappa shape index (κ2) is 7.42. The maximum Gasteiger partial charge on any atom is 0.226 e. The summed E-state index contributed by atoms with van der Waals surface area (Å²) in [6, 6.07) is 7.43. The second-order valence-electron chi connectivity index (χ2n) is 7.85. The molecule has 2 fully saturated rings. The van der Waals surface area contributed by atoms with Crippen molar-refractivity contribution in [2.24, 2.45) is 5.92 Å². The van der Waals surface area contributed by atoms with Crippen LogP contribution in [0.5, 0.6) is 0 Å². The molecule has 5 rings (SSSR count). The predicted octanol–water partition coefficient (Wildman–Crippen LogP) is 2.32. The Hall–Kier alpha value is -3.03. The largest absolute Gasteiger partial charge is 0.353 e. The Kier molecular flexibility index (Phi) is 4.61. The van der Waals surface area contributed by atoms with E-state index in [4.69, 9.17) is 0 Å². The summed E-state index contributed by atoms with van der Waals surface area (Å²) in [6.45, 7) is 2.21. The van der Waals surface area contributed by atoms with Crippen LogP contribution in [0, 0.1) is 11.7 Å². The Morgan fingerprint density at radius 1 is 1.17 bits per heavy atom. The van der Waals surface area contributed by atoms with Crippen LogP contribution in [0.1, 0.15) is 24.8 Å². The van der Waals surface area contributed by atoms with Crippen LogP contribution < -0.4 is 4.90 Å². The topological polar surface area (TPSA) is 66.6 Å². The van der Waals surface area contributed by atoms with E-state index in [-0.39, 0.29) is 23.7 Å². The van der Waals surface area contributed by atoms with Gasteiger partial charge >= 0.3 is 0 Å². The Labute approximate surface area is 168 Å². The molecule has 29 heavy (non-hydrogen) atoms. The van der Waals surface area contributed by atoms with Gasteiger partial charge in [-0.2, -0.15) is 5.10 Å². The van der Waals surface area contributed by atoms with Crippen LogP contribution in [0.3, 0.4) is 0 Å². The minimum Gasteiger partial charge on any atom is -0.353 e. The highest BCUT2D eigenvalue weighted by atomic mass is 19.1. The highest BCUT2D eigenvalue weighted by molar-refractivity contribution is 5.82. The maximum atomic E-state index is 13.1. The summed E-state index contributed by atoms with van der Waals surface area (Å²) in [5.74, 6) is 0.815. The van der Waals surface area contributed by atoms with E-state index >= 15 is 0 Å². The van der Waals surface area contributed by atoms with Crippen LogP contribution in [0.25, 0.3) is 5.65 Å². The fourth-order valence-electron chi connectivity index (χ4n) is 4.65. The molecule has 0 spiro atoms. The van der Waals surface area contributed by atoms with Crippen molar-refractivity contribution in [3.63, 3.8) is 0 Å². The number of piperazine rings is 1. The monoisotopic (exact) mass is 394 g/mol. The molecule has 2 saturated heterocycles. The molecule has 0 bridgehead atoms. The molecule has 1 amide bonds. The molecule has 0 N–H and O–H groups in total. The first-order valence-electron chi connectivity index (χ1n) is 10.1. The van der Waals surface area contributed by atoms with Gasteiger partial charge in [0, 0.05) is 31.7 Å². The summed E-state index contributed by atoms with van der Waals surface area (Å²) in [6.07, 6.45) is 8.32. The molecule has 0 saturated carbocycles. The number of hydrogen-bond acceptors (Lipinski definition) is 5. The zero-order valence-corrected chi connectivity index (χ0v) is 16.1. The molecule has 0 unspecified atom stereocenters. The highest BCUT2D eigenvalue weighted by Gasteiger charge is 2.42. The first-order chi connectivity index (χ1) is 14.2. The number of carbonyl (C=O) groups is 1. The van der Waals surface area contributed by atoms with E-state index in [1.54, 1.807) is 16.9 Å². The lowest BCUT2D eigenvalue weighted by molar-refractivity contribution is -0.132. The van der Waals surface area contributed by atoms with Gasteiger partial charge in [-0.15, -0.1) is 0 Å². The Morgan fingerprint density at radius 2 is 2.10 bits per heavy atom. The number of amides is 1. The third-order valence-electron chi connectivity index (χ3n) is 6.09. The molecule has 2 aliphatic rings. The lowest BCUT2D eigenvalue weighted by Crippen LogP contribution is -2.51. The van der Waals surface area contributed by atoms with E-state index in [1.807, 2.05) is 17.2 Å². The number of halogens is 1. The summed E-state index contributed by atoms with van der Waals surface area (Å²) < 4.78 is 14.9. The minimum absolute atomic E-state index is 0.0822. The zero-order chi connectivity index (χ0) is 19.8. The summed E-state index contributed by atoms with van der Waals surface area (Å²) in [5.41, 5.74) is 2.06. The highest BCUT2D eigenvalue weighted by Crippen LogP contribution is 2.32. The summed E-state index contributed by atoms with van der Waals surface area (Å²) in [4.78, 5) is 25.6. The van der Waals surface area contributed by atoms with Gasteiger partial charge in [0.15, 0.2) is 5.65 Å². The van der Waals surface area contributed by atoms with Crippen molar-refractivity contribution < 1.29 is 9.18 Å². The van der Waals surface area contributed by atoms with E-state index in [1.165, 1.54) is 17.8 Å². The van der Waals surface area contributed by atoms with Crippen LogP contribution in [-0.2, 0) is 11.2 Å². The quantitative estimate of drug-likeness (QED) is 0.665. The fourth-order valence-corrected chi connectivity index (χ4v) is 4.65. The number of aryl methyl sites for hydroxylation is 1. The molecule has 8 heteroatoms. The molecular formula is C21H23FN6O. The summed E-state index contributed by atoms with van der Waals surface area (Å²) in [5, 5.41) is 4.18. The first kappa shape index (κ1) is 18.0. The van der Waals surface area contributed by atoms with E-state index in [9.17, 15) is 9.18 Å². The van der Waals surface area contributed by atoms with Gasteiger partial charge < -0.3 is 9.80 Å². The number of anilines is 1. The van der Waals surface area contributed by atoms with Gasteiger partial charge in [-0.3, -0.25) is 4.79 Å². The van der Waals surface area contributed by atoms with Gasteiger partial charge in [0.1, 0.15) is 18.0 Å². The van der Waals surface area contributed by atoms with Crippen molar-refractivity contribution in [1.82, 2.24) is 24.5 Å². The average Bonchev–Trinajstić information content (AvgIpc) is 3.34. The van der Waals surface area contributed by atoms with Crippen molar-refractivity contribution in [3.8, 4) is 0 Å². The Balaban J connectivity index is 1.19. The molecule has 3 aromatic rings. The van der Waals surface area contributed by atoms with Crippen molar-refractivity contribution >= 4 is 17.4 Å². The van der Waals surface area contributed by atoms with E-state index in [0.717, 1.165) is 50.2 Å². The van der Waals surface area contributed by atoms with Gasteiger partial charge in [0.25, 0.3) is 0 Å². The number of carbonyl (C=O) groups excluding carboxylic acids is 1. The summed E-state index contributed by atoms with van der Waals surface area (Å²) >= 11 is 0. The van der Waals surface area contributed by atoms with Gasteiger partial charge in [0.2, 0.25) is 5.91 Å². The average molecular weight is 394 g/mol. The minimum atomic E-state index is -0.328. The molecule has 0 aliphatic carbocycles. The molecule has 2 atom stereocenters. The van der Waals surface area contributed by atoms with Crippen LogP contribution in [0.15, 0.2) is 43.0 Å². The van der Waals surface area contributed by atoms with Crippen LogP contribution in [-0.4, -0.2) is 56.1 Å². The van der Waals surface area contributed by atoms with Gasteiger partial charge in [0.05, 0.1) is 12.2 Å². The molecule has 2 aliphatic heterocycles. The zero-order valence-electron chi connectivity index (χ0n) is 16.1. The van der Waals surface area contributed by atoms with E-state index < -0.39 is 0 Å². The number of hydrogen-bond donors (Lipinski definition) is 0. The van der Waals surface area contributed by atoms with Crippen LogP contribution >= 0.6 is 0 Å². The van der Waals surface area contributed by atoms with Crippen molar-refractivity contribution in [2.75, 3.05) is 24.5 Å². The lowest BCUT2D eigenvalue weighted by atomic mass is 9.96. The van der Waals surface area contributed by atoms with Crippen molar-refractivity contribution in [2.45, 2.75) is 31.7 Å². The molecule has 0 radical (unpaired) electrons. The van der Waals surface area contributed by atoms with Crippen LogP contribution in [0.2, 0.25) is 0 Å². The summed E-state index contributed by atoms with van der Waals surface area (Å²) in [7, 11) is 0. The normalized spacial score (nSPS) is 21.8. The molecule has 150 valence electrons. The van der Waals surface area contributed by atoms with Crippen molar-refractivity contribution in [1.29, 1.82) is 0 Å². The van der Waals surface area contributed by atoms with Crippen LogP contribution in [0.4, 0.5) is 10.2 Å². The second-order valence-corrected chi connectivity index (χ2v) is 7.85. The number of fused-ring (bicyclic) bond motifs is 2. The third-order valence-corrected chi connectivity index (χ3v) is 6.09. The molecule has 3 aromatic heterocycles. The molecule has 7 nitrogen and oxygen atoms in total. The number of pyridine rings is 2. The van der Waals surface area contributed by atoms with Gasteiger partial charge in [-0.1, -0.05) is 6.07 Å². The number of rotatable bonds is 5. The van der Waals surface area contributed by atoms with E-state index in [2.05, 4.69) is 26.0 Å². The SMILES string of the molecule is O=C1[C@H](CCCc2cccn3ncnc23)C[C@H]2CN(c3ccc(F)cn3)CCN12. The van der Waals surface area contributed by atoms with E-state index in [0.29, 0.717) is 6.54 Å². The fraction of sp³-hybridized carbons (Fsp3) is 0.429. The predicted molar refractivity (Wildman–Crippen MR) is 106 cm³/mol. The Morgan fingerprint density at radius 3 is 2.97 bits per heavy atom. The first-order valence-corrected chi connectivity index (χ1v) is 10.1.